The van der Waals surface area contributed by atoms with E-state index in [0.717, 1.165) is 24.2 Å². The van der Waals surface area contributed by atoms with Crippen molar-refractivity contribution in [2.45, 2.75) is 63.9 Å². The Labute approximate surface area is 144 Å². The molecule has 0 atom stereocenters. The predicted molar refractivity (Wildman–Crippen MR) is 96.7 cm³/mol. The smallest absolute Gasteiger partial charge is 0.412 e. The van der Waals surface area contributed by atoms with Gasteiger partial charge in [0.05, 0.1) is 7.11 Å². The Kier molecular flexibility index (Phi) is 5.75. The number of nitrogens with two attached hydrogens (primary N) is 1. The lowest BCUT2D eigenvalue weighted by Crippen LogP contribution is -2.37. The third-order valence-electron chi connectivity index (χ3n) is 4.62. The molecule has 0 aliphatic heterocycles. The van der Waals surface area contributed by atoms with Gasteiger partial charge in [-0.1, -0.05) is 25.3 Å². The van der Waals surface area contributed by atoms with E-state index in [1.807, 2.05) is 39.0 Å². The van der Waals surface area contributed by atoms with Gasteiger partial charge in [0.2, 0.25) is 0 Å². The summed E-state index contributed by atoms with van der Waals surface area (Å²) in [4.78, 5) is 11.9. The van der Waals surface area contributed by atoms with E-state index in [0.29, 0.717) is 12.2 Å². The summed E-state index contributed by atoms with van der Waals surface area (Å²) in [5.41, 5.74) is 7.39. The SMILES string of the molecule is COc1cc(NC(=O)OC(C)(C)C)ccc1C1(CN)CCCCC1. The predicted octanol–water partition coefficient (Wildman–Crippen LogP) is 4.20. The van der Waals surface area contributed by atoms with Crippen LogP contribution in [0, 0.1) is 0 Å². The molecule has 0 spiro atoms. The van der Waals surface area contributed by atoms with E-state index in [9.17, 15) is 4.79 Å². The third kappa shape index (κ3) is 4.41. The standard InChI is InChI=1S/C19H30N2O3/c1-18(2,3)24-17(22)21-14-8-9-15(16(12-14)23-4)19(13-20)10-6-5-7-11-19/h8-9,12H,5-7,10-11,13,20H2,1-4H3,(H,21,22). The molecule has 1 saturated carbocycles. The molecule has 2 rings (SSSR count). The number of hydrogen-bond donors (Lipinski definition) is 2. The summed E-state index contributed by atoms with van der Waals surface area (Å²) in [6, 6.07) is 5.78. The van der Waals surface area contributed by atoms with Gasteiger partial charge in [0.15, 0.2) is 0 Å². The van der Waals surface area contributed by atoms with Crippen LogP contribution in [0.15, 0.2) is 18.2 Å². The Morgan fingerprint density at radius 2 is 1.92 bits per heavy atom. The van der Waals surface area contributed by atoms with Gasteiger partial charge in [-0.3, -0.25) is 5.32 Å². The number of methoxy groups -OCH3 is 1. The van der Waals surface area contributed by atoms with Crippen LogP contribution >= 0.6 is 0 Å². The van der Waals surface area contributed by atoms with Gasteiger partial charge in [-0.25, -0.2) is 4.79 Å². The van der Waals surface area contributed by atoms with Crippen molar-refractivity contribution in [3.05, 3.63) is 23.8 Å². The number of ether oxygens (including phenoxy) is 2. The fourth-order valence-electron chi connectivity index (χ4n) is 3.44. The summed E-state index contributed by atoms with van der Waals surface area (Å²) >= 11 is 0. The van der Waals surface area contributed by atoms with Gasteiger partial charge in [0.1, 0.15) is 11.4 Å². The van der Waals surface area contributed by atoms with Gasteiger partial charge in [-0.05, 0) is 39.7 Å². The molecule has 134 valence electrons. The average Bonchev–Trinajstić information content (AvgIpc) is 2.53. The van der Waals surface area contributed by atoms with Crippen LogP contribution in [0.2, 0.25) is 0 Å². The minimum absolute atomic E-state index is 0.0198. The lowest BCUT2D eigenvalue weighted by molar-refractivity contribution is 0.0636. The average molecular weight is 334 g/mol. The first-order valence-electron chi connectivity index (χ1n) is 8.68. The second kappa shape index (κ2) is 7.43. The van der Waals surface area contributed by atoms with Crippen molar-refractivity contribution < 1.29 is 14.3 Å². The molecule has 1 aromatic carbocycles. The maximum absolute atomic E-state index is 11.9. The van der Waals surface area contributed by atoms with Gasteiger partial charge in [0.25, 0.3) is 0 Å². The van der Waals surface area contributed by atoms with Gasteiger partial charge < -0.3 is 15.2 Å². The lowest BCUT2D eigenvalue weighted by atomic mass is 9.69. The van der Waals surface area contributed by atoms with E-state index in [1.54, 1.807) is 7.11 Å². The minimum Gasteiger partial charge on any atom is -0.496 e. The second-order valence-electron chi connectivity index (χ2n) is 7.59. The van der Waals surface area contributed by atoms with Crippen LogP contribution < -0.4 is 15.8 Å². The van der Waals surface area contributed by atoms with Crippen molar-refractivity contribution >= 4 is 11.8 Å². The molecule has 0 radical (unpaired) electrons. The summed E-state index contributed by atoms with van der Waals surface area (Å²) < 4.78 is 10.9. The summed E-state index contributed by atoms with van der Waals surface area (Å²) in [5, 5.41) is 2.76. The molecule has 1 aromatic rings. The van der Waals surface area contributed by atoms with E-state index < -0.39 is 11.7 Å². The lowest BCUT2D eigenvalue weighted by Gasteiger charge is -2.37. The molecule has 3 N–H and O–H groups in total. The number of anilines is 1. The van der Waals surface area contributed by atoms with Gasteiger partial charge in [-0.15, -0.1) is 0 Å². The summed E-state index contributed by atoms with van der Waals surface area (Å²) in [7, 11) is 1.66. The Bertz CT molecular complexity index is 572. The monoisotopic (exact) mass is 334 g/mol. The fraction of sp³-hybridized carbons (Fsp3) is 0.632. The minimum atomic E-state index is -0.528. The number of benzene rings is 1. The van der Waals surface area contributed by atoms with Crippen LogP contribution in [-0.4, -0.2) is 25.3 Å². The molecule has 1 aliphatic rings. The molecule has 1 aliphatic carbocycles. The van der Waals surface area contributed by atoms with Gasteiger partial charge in [0, 0.05) is 29.3 Å². The van der Waals surface area contributed by atoms with Crippen molar-refractivity contribution in [1.82, 2.24) is 0 Å². The molecule has 1 amide bonds. The molecule has 0 bridgehead atoms. The van der Waals surface area contributed by atoms with E-state index in [-0.39, 0.29) is 5.41 Å². The topological polar surface area (TPSA) is 73.6 Å². The highest BCUT2D eigenvalue weighted by molar-refractivity contribution is 5.85. The molecule has 1 fully saturated rings. The number of hydrogen-bond acceptors (Lipinski definition) is 4. The Balaban J connectivity index is 2.22. The van der Waals surface area contributed by atoms with Gasteiger partial charge >= 0.3 is 6.09 Å². The van der Waals surface area contributed by atoms with Crippen molar-refractivity contribution in [1.29, 1.82) is 0 Å². The highest BCUT2D eigenvalue weighted by Gasteiger charge is 2.35. The molecular formula is C19H30N2O3. The van der Waals surface area contributed by atoms with Crippen LogP contribution in [0.5, 0.6) is 5.75 Å². The van der Waals surface area contributed by atoms with E-state index in [1.165, 1.54) is 19.3 Å². The van der Waals surface area contributed by atoms with E-state index in [2.05, 4.69) is 5.32 Å². The van der Waals surface area contributed by atoms with E-state index in [4.69, 9.17) is 15.2 Å². The van der Waals surface area contributed by atoms with Crippen LogP contribution in [0.4, 0.5) is 10.5 Å². The first kappa shape index (κ1) is 18.6. The maximum Gasteiger partial charge on any atom is 0.412 e. The number of amides is 1. The number of carbonyl (C=O) groups is 1. The molecule has 0 saturated heterocycles. The number of nitrogens with one attached hydrogen (secondary N) is 1. The van der Waals surface area contributed by atoms with Crippen molar-refractivity contribution in [2.75, 3.05) is 19.0 Å². The first-order valence-corrected chi connectivity index (χ1v) is 8.68. The summed E-state index contributed by atoms with van der Waals surface area (Å²) in [6.07, 6.45) is 5.35. The zero-order valence-corrected chi connectivity index (χ0v) is 15.3. The highest BCUT2D eigenvalue weighted by atomic mass is 16.6. The molecule has 5 heteroatoms. The maximum atomic E-state index is 11.9. The Morgan fingerprint density at radius 3 is 2.46 bits per heavy atom. The summed E-state index contributed by atoms with van der Waals surface area (Å²) in [6.45, 7) is 6.13. The normalized spacial score (nSPS) is 17.2. The first-order chi connectivity index (χ1) is 11.3. The molecular weight excluding hydrogens is 304 g/mol. The van der Waals surface area contributed by atoms with Crippen LogP contribution in [0.1, 0.15) is 58.4 Å². The zero-order valence-electron chi connectivity index (χ0n) is 15.3. The second-order valence-corrected chi connectivity index (χ2v) is 7.59. The molecule has 5 nitrogen and oxygen atoms in total. The van der Waals surface area contributed by atoms with E-state index >= 15 is 0 Å². The fourth-order valence-corrected chi connectivity index (χ4v) is 3.44. The molecule has 24 heavy (non-hydrogen) atoms. The summed E-state index contributed by atoms with van der Waals surface area (Å²) in [5.74, 6) is 0.774. The number of rotatable bonds is 4. The molecule has 0 aromatic heterocycles. The van der Waals surface area contributed by atoms with Crippen LogP contribution in [0.25, 0.3) is 0 Å². The largest absolute Gasteiger partial charge is 0.496 e. The Morgan fingerprint density at radius 1 is 1.25 bits per heavy atom. The molecule has 0 heterocycles. The van der Waals surface area contributed by atoms with Crippen molar-refractivity contribution in [3.63, 3.8) is 0 Å². The third-order valence-corrected chi connectivity index (χ3v) is 4.62. The Hall–Kier alpha value is -1.75. The quantitative estimate of drug-likeness (QED) is 0.865. The number of carbonyl (C=O) groups excluding carboxylic acids is 1. The van der Waals surface area contributed by atoms with Gasteiger partial charge in [-0.2, -0.15) is 0 Å². The van der Waals surface area contributed by atoms with Crippen LogP contribution in [-0.2, 0) is 10.2 Å². The highest BCUT2D eigenvalue weighted by Crippen LogP contribution is 2.43. The zero-order chi connectivity index (χ0) is 17.8. The van der Waals surface area contributed by atoms with Crippen LogP contribution in [0.3, 0.4) is 0 Å². The van der Waals surface area contributed by atoms with Crippen molar-refractivity contribution in [3.8, 4) is 5.75 Å². The van der Waals surface area contributed by atoms with Crippen molar-refractivity contribution in [2.24, 2.45) is 5.73 Å². The molecule has 0 unspecified atom stereocenters.